The minimum Gasteiger partial charge on any atom is -0.493 e. The van der Waals surface area contributed by atoms with Gasteiger partial charge in [0.1, 0.15) is 5.75 Å². The van der Waals surface area contributed by atoms with E-state index in [1.165, 1.54) is 16.9 Å². The minimum atomic E-state index is 0.0896. The second-order valence-electron chi connectivity index (χ2n) is 4.97. The summed E-state index contributed by atoms with van der Waals surface area (Å²) in [5.74, 6) is 3.91. The predicted molar refractivity (Wildman–Crippen MR) is 74.7 cm³/mol. The van der Waals surface area contributed by atoms with Crippen LogP contribution in [0.25, 0.3) is 0 Å². The molecule has 0 fully saturated rings. The van der Waals surface area contributed by atoms with Gasteiger partial charge < -0.3 is 10.5 Å². The molecule has 17 heavy (non-hydrogen) atoms. The maximum atomic E-state index is 6.25. The molecule has 1 unspecified atom stereocenters. The van der Waals surface area contributed by atoms with Crippen molar-refractivity contribution in [3.05, 3.63) is 29.3 Å². The van der Waals surface area contributed by atoms with Crippen molar-refractivity contribution in [3.63, 3.8) is 0 Å². The highest BCUT2D eigenvalue weighted by Gasteiger charge is 2.19. The summed E-state index contributed by atoms with van der Waals surface area (Å²) in [4.78, 5) is 0. The molecule has 1 aliphatic heterocycles. The Morgan fingerprint density at radius 2 is 2.18 bits per heavy atom. The van der Waals surface area contributed by atoms with Crippen molar-refractivity contribution in [3.8, 4) is 5.75 Å². The quantitative estimate of drug-likeness (QED) is 0.873. The van der Waals surface area contributed by atoms with Crippen molar-refractivity contribution in [2.45, 2.75) is 26.3 Å². The molecule has 0 amide bonds. The molecule has 0 spiro atoms. The average molecular weight is 251 g/mol. The van der Waals surface area contributed by atoms with Gasteiger partial charge in [0.25, 0.3) is 0 Å². The van der Waals surface area contributed by atoms with E-state index in [1.54, 1.807) is 0 Å². The van der Waals surface area contributed by atoms with Crippen LogP contribution in [0, 0.1) is 5.92 Å². The molecule has 2 N–H and O–H groups in total. The second-order valence-corrected chi connectivity index (χ2v) is 6.05. The molecule has 1 aromatic carbocycles. The van der Waals surface area contributed by atoms with Crippen LogP contribution < -0.4 is 10.5 Å². The van der Waals surface area contributed by atoms with Gasteiger partial charge in [-0.1, -0.05) is 32.0 Å². The minimum absolute atomic E-state index is 0.0896. The normalized spacial score (nSPS) is 15.8. The molecule has 0 aliphatic carbocycles. The van der Waals surface area contributed by atoms with Crippen molar-refractivity contribution in [2.24, 2.45) is 11.7 Å². The van der Waals surface area contributed by atoms with Crippen molar-refractivity contribution >= 4 is 11.8 Å². The molecule has 1 aliphatic rings. The van der Waals surface area contributed by atoms with Crippen LogP contribution in [-0.2, 0) is 6.42 Å². The summed E-state index contributed by atoms with van der Waals surface area (Å²) < 4.78 is 5.69. The first kappa shape index (κ1) is 12.8. The van der Waals surface area contributed by atoms with Gasteiger partial charge in [0.05, 0.1) is 6.61 Å². The lowest BCUT2D eigenvalue weighted by molar-refractivity contribution is 0.352. The van der Waals surface area contributed by atoms with E-state index in [9.17, 15) is 0 Å². The van der Waals surface area contributed by atoms with Crippen molar-refractivity contribution in [2.75, 3.05) is 18.1 Å². The molecule has 0 saturated heterocycles. The summed E-state index contributed by atoms with van der Waals surface area (Å²) in [6, 6.07) is 6.42. The molecule has 0 radical (unpaired) electrons. The Labute approximate surface area is 108 Å². The highest BCUT2D eigenvalue weighted by molar-refractivity contribution is 7.99. The highest BCUT2D eigenvalue weighted by Crippen LogP contribution is 2.33. The molecule has 2 rings (SSSR count). The maximum Gasteiger partial charge on any atom is 0.127 e. The third-order valence-electron chi connectivity index (χ3n) is 2.89. The van der Waals surface area contributed by atoms with E-state index in [0.29, 0.717) is 0 Å². The van der Waals surface area contributed by atoms with Gasteiger partial charge in [-0.05, 0) is 17.2 Å². The topological polar surface area (TPSA) is 35.2 Å². The summed E-state index contributed by atoms with van der Waals surface area (Å²) in [5.41, 5.74) is 8.74. The molecule has 1 heterocycles. The van der Waals surface area contributed by atoms with E-state index < -0.39 is 0 Å². The van der Waals surface area contributed by atoms with Gasteiger partial charge in [0, 0.05) is 23.8 Å². The number of ether oxygens (including phenoxy) is 1. The van der Waals surface area contributed by atoms with Gasteiger partial charge in [-0.3, -0.25) is 0 Å². The van der Waals surface area contributed by atoms with Crippen LogP contribution in [0.3, 0.4) is 0 Å². The number of hydrogen-bond acceptors (Lipinski definition) is 3. The van der Waals surface area contributed by atoms with Gasteiger partial charge >= 0.3 is 0 Å². The lowest BCUT2D eigenvalue weighted by Gasteiger charge is -2.15. The highest BCUT2D eigenvalue weighted by atomic mass is 32.2. The summed E-state index contributed by atoms with van der Waals surface area (Å²) in [5, 5.41) is 0. The Balaban J connectivity index is 1.99. The molecule has 94 valence electrons. The van der Waals surface area contributed by atoms with E-state index in [0.717, 1.165) is 30.4 Å². The first-order valence-corrected chi connectivity index (χ1v) is 7.42. The Morgan fingerprint density at radius 1 is 1.35 bits per heavy atom. The zero-order valence-electron chi connectivity index (χ0n) is 10.6. The SMILES string of the molecule is CC(C)CSCC(N)c1cccc2c1OCC2. The van der Waals surface area contributed by atoms with Crippen molar-refractivity contribution < 1.29 is 4.74 Å². The van der Waals surface area contributed by atoms with Gasteiger partial charge in [0.2, 0.25) is 0 Å². The molecule has 3 heteroatoms. The van der Waals surface area contributed by atoms with E-state index >= 15 is 0 Å². The number of thioether (sulfide) groups is 1. The van der Waals surface area contributed by atoms with Crippen LogP contribution in [0.5, 0.6) is 5.75 Å². The van der Waals surface area contributed by atoms with Gasteiger partial charge in [-0.2, -0.15) is 11.8 Å². The second kappa shape index (κ2) is 5.78. The number of benzene rings is 1. The molecule has 2 nitrogen and oxygen atoms in total. The molecule has 1 aromatic rings. The molecular weight excluding hydrogens is 230 g/mol. The Bertz CT molecular complexity index is 378. The van der Waals surface area contributed by atoms with Crippen LogP contribution in [0.15, 0.2) is 18.2 Å². The third kappa shape index (κ3) is 3.17. The number of para-hydroxylation sites is 1. The number of nitrogens with two attached hydrogens (primary N) is 1. The van der Waals surface area contributed by atoms with Crippen LogP contribution in [0.2, 0.25) is 0 Å². The lowest BCUT2D eigenvalue weighted by Crippen LogP contribution is -2.14. The smallest absolute Gasteiger partial charge is 0.127 e. The van der Waals surface area contributed by atoms with Crippen LogP contribution in [0.4, 0.5) is 0 Å². The zero-order chi connectivity index (χ0) is 12.3. The number of fused-ring (bicyclic) bond motifs is 1. The Hall–Kier alpha value is -0.670. The fraction of sp³-hybridized carbons (Fsp3) is 0.571. The third-order valence-corrected chi connectivity index (χ3v) is 4.39. The summed E-state index contributed by atoms with van der Waals surface area (Å²) in [7, 11) is 0. The maximum absolute atomic E-state index is 6.25. The first-order chi connectivity index (χ1) is 8.18. The molecular formula is C14H21NOS. The summed E-state index contributed by atoms with van der Waals surface area (Å²) in [6.07, 6.45) is 1.02. The monoisotopic (exact) mass is 251 g/mol. The van der Waals surface area contributed by atoms with Gasteiger partial charge in [-0.15, -0.1) is 0 Å². The van der Waals surface area contributed by atoms with Crippen molar-refractivity contribution in [1.82, 2.24) is 0 Å². The van der Waals surface area contributed by atoms with E-state index in [4.69, 9.17) is 10.5 Å². The Kier molecular flexibility index (Phi) is 4.35. The fourth-order valence-corrected chi connectivity index (χ4v) is 3.09. The van der Waals surface area contributed by atoms with Crippen LogP contribution in [0.1, 0.15) is 31.0 Å². The number of rotatable bonds is 5. The number of hydrogen-bond donors (Lipinski definition) is 1. The molecule has 1 atom stereocenters. The standard InChI is InChI=1S/C14H21NOS/c1-10(2)8-17-9-13(15)12-5-3-4-11-6-7-16-14(11)12/h3-5,10,13H,6-9,15H2,1-2H3. The zero-order valence-corrected chi connectivity index (χ0v) is 11.4. The molecule has 0 aromatic heterocycles. The van der Waals surface area contributed by atoms with Crippen LogP contribution >= 0.6 is 11.8 Å². The van der Waals surface area contributed by atoms with E-state index in [2.05, 4.69) is 32.0 Å². The van der Waals surface area contributed by atoms with E-state index in [1.807, 2.05) is 11.8 Å². The van der Waals surface area contributed by atoms with Gasteiger partial charge in [-0.25, -0.2) is 0 Å². The van der Waals surface area contributed by atoms with Gasteiger partial charge in [0.15, 0.2) is 0 Å². The molecule has 0 bridgehead atoms. The van der Waals surface area contributed by atoms with E-state index in [-0.39, 0.29) is 6.04 Å². The Morgan fingerprint density at radius 3 is 2.94 bits per heavy atom. The predicted octanol–water partition coefficient (Wildman–Crippen LogP) is 3.01. The lowest BCUT2D eigenvalue weighted by atomic mass is 10.0. The largest absolute Gasteiger partial charge is 0.493 e. The average Bonchev–Trinajstić information content (AvgIpc) is 2.75. The first-order valence-electron chi connectivity index (χ1n) is 6.26. The fourth-order valence-electron chi connectivity index (χ4n) is 2.05. The summed E-state index contributed by atoms with van der Waals surface area (Å²) in [6.45, 7) is 5.28. The molecule has 0 saturated carbocycles. The van der Waals surface area contributed by atoms with Crippen molar-refractivity contribution in [1.29, 1.82) is 0 Å². The van der Waals surface area contributed by atoms with Crippen LogP contribution in [-0.4, -0.2) is 18.1 Å². The summed E-state index contributed by atoms with van der Waals surface area (Å²) >= 11 is 1.93.